The van der Waals surface area contributed by atoms with Crippen LogP contribution < -0.4 is 4.90 Å². The smallest absolute Gasteiger partial charge is 0.326 e. The molecule has 0 radical (unpaired) electrons. The molecule has 0 unspecified atom stereocenters. The zero-order valence-corrected chi connectivity index (χ0v) is 12.0. The van der Waals surface area contributed by atoms with Crippen molar-refractivity contribution < 1.29 is 14.3 Å². The molecule has 0 N–H and O–H groups in total. The molecule has 1 aromatic rings. The first-order chi connectivity index (χ1) is 9.01. The summed E-state index contributed by atoms with van der Waals surface area (Å²) in [5, 5.41) is 0. The van der Waals surface area contributed by atoms with Crippen molar-refractivity contribution in [3.8, 4) is 0 Å². The van der Waals surface area contributed by atoms with Gasteiger partial charge < -0.3 is 9.64 Å². The molecule has 0 bridgehead atoms. The molecule has 0 spiro atoms. The van der Waals surface area contributed by atoms with E-state index in [1.54, 1.807) is 13.8 Å². The quantitative estimate of drug-likeness (QED) is 0.767. The molecule has 0 saturated heterocycles. The number of nitrogens with zero attached hydrogens (tertiary/aromatic N) is 1. The molecule has 1 amide bonds. The van der Waals surface area contributed by atoms with Crippen LogP contribution in [0.4, 0.5) is 5.69 Å². The number of amides is 1. The number of carbonyl (C=O) groups is 2. The van der Waals surface area contributed by atoms with Crippen LogP contribution in [0.3, 0.4) is 0 Å². The molecular formula is C15H21NO3. The Morgan fingerprint density at radius 3 is 2.47 bits per heavy atom. The zero-order chi connectivity index (χ0) is 14.4. The van der Waals surface area contributed by atoms with Gasteiger partial charge in [0.1, 0.15) is 6.54 Å². The van der Waals surface area contributed by atoms with Crippen LogP contribution in [-0.4, -0.2) is 25.0 Å². The second kappa shape index (κ2) is 6.92. The second-order valence-electron chi connectivity index (χ2n) is 4.36. The zero-order valence-electron chi connectivity index (χ0n) is 12.0. The summed E-state index contributed by atoms with van der Waals surface area (Å²) in [5.74, 6) is -0.466. The van der Waals surface area contributed by atoms with E-state index in [1.165, 1.54) is 4.90 Å². The first-order valence-corrected chi connectivity index (χ1v) is 6.53. The Labute approximate surface area is 114 Å². The van der Waals surface area contributed by atoms with Crippen LogP contribution in [-0.2, 0) is 14.3 Å². The lowest BCUT2D eigenvalue weighted by Gasteiger charge is -2.24. The average molecular weight is 263 g/mol. The predicted molar refractivity (Wildman–Crippen MR) is 75.2 cm³/mol. The summed E-state index contributed by atoms with van der Waals surface area (Å²) in [6.07, 6.45) is 0.354. The fourth-order valence-electron chi connectivity index (χ4n) is 1.86. The molecule has 0 aliphatic carbocycles. The first-order valence-electron chi connectivity index (χ1n) is 6.53. The number of ether oxygens (including phenoxy) is 1. The maximum atomic E-state index is 12.0. The van der Waals surface area contributed by atoms with E-state index in [1.807, 2.05) is 32.0 Å². The molecule has 1 rings (SSSR count). The summed E-state index contributed by atoms with van der Waals surface area (Å²) in [6.45, 7) is 7.75. The average Bonchev–Trinajstić information content (AvgIpc) is 2.39. The summed E-state index contributed by atoms with van der Waals surface area (Å²) in [7, 11) is 0. The third-order valence-corrected chi connectivity index (χ3v) is 3.06. The van der Waals surface area contributed by atoms with E-state index in [2.05, 4.69) is 0 Å². The summed E-state index contributed by atoms with van der Waals surface area (Å²) in [5.41, 5.74) is 2.88. The highest BCUT2D eigenvalue weighted by atomic mass is 16.5. The molecule has 19 heavy (non-hydrogen) atoms. The van der Waals surface area contributed by atoms with Gasteiger partial charge in [-0.1, -0.05) is 19.1 Å². The van der Waals surface area contributed by atoms with Gasteiger partial charge in [-0.15, -0.1) is 0 Å². The Balaban J connectivity index is 3.06. The third-order valence-electron chi connectivity index (χ3n) is 3.06. The molecule has 0 heterocycles. The molecule has 0 aromatic heterocycles. The molecule has 0 saturated carbocycles. The van der Waals surface area contributed by atoms with E-state index in [-0.39, 0.29) is 18.4 Å². The van der Waals surface area contributed by atoms with E-state index >= 15 is 0 Å². The largest absolute Gasteiger partial charge is 0.465 e. The van der Waals surface area contributed by atoms with Gasteiger partial charge in [0.25, 0.3) is 0 Å². The minimum absolute atomic E-state index is 0.0369. The van der Waals surface area contributed by atoms with Crippen molar-refractivity contribution in [2.75, 3.05) is 18.1 Å². The molecule has 4 heteroatoms. The molecule has 0 fully saturated rings. The van der Waals surface area contributed by atoms with Crippen molar-refractivity contribution in [3.63, 3.8) is 0 Å². The highest BCUT2D eigenvalue weighted by Gasteiger charge is 2.20. The highest BCUT2D eigenvalue weighted by Crippen LogP contribution is 2.23. The van der Waals surface area contributed by atoms with E-state index in [4.69, 9.17) is 4.74 Å². The standard InChI is InChI=1S/C15H21NO3/c1-5-14(17)16(10-15(18)19-6-2)13-9-7-8-11(3)12(13)4/h7-9H,5-6,10H2,1-4H3. The predicted octanol–water partition coefficient (Wildman–Crippen LogP) is 2.61. The van der Waals surface area contributed by atoms with Gasteiger partial charge >= 0.3 is 5.97 Å². The van der Waals surface area contributed by atoms with Gasteiger partial charge in [-0.2, -0.15) is 0 Å². The minimum atomic E-state index is -0.384. The Bertz CT molecular complexity index is 468. The summed E-state index contributed by atoms with van der Waals surface area (Å²) >= 11 is 0. The van der Waals surface area contributed by atoms with Crippen LogP contribution in [0.1, 0.15) is 31.4 Å². The molecule has 104 valence electrons. The molecule has 4 nitrogen and oxygen atoms in total. The van der Waals surface area contributed by atoms with Crippen molar-refractivity contribution in [2.24, 2.45) is 0 Å². The van der Waals surface area contributed by atoms with E-state index < -0.39 is 0 Å². The number of rotatable bonds is 5. The number of esters is 1. The summed E-state index contributed by atoms with van der Waals surface area (Å²) in [6, 6.07) is 5.73. The van der Waals surface area contributed by atoms with Gasteiger partial charge in [0.05, 0.1) is 6.61 Å². The van der Waals surface area contributed by atoms with Crippen molar-refractivity contribution >= 4 is 17.6 Å². The van der Waals surface area contributed by atoms with Crippen LogP contribution in [0.2, 0.25) is 0 Å². The van der Waals surface area contributed by atoms with Crippen LogP contribution >= 0.6 is 0 Å². The van der Waals surface area contributed by atoms with Crippen LogP contribution in [0.5, 0.6) is 0 Å². The van der Waals surface area contributed by atoms with E-state index in [0.717, 1.165) is 16.8 Å². The van der Waals surface area contributed by atoms with Crippen molar-refractivity contribution in [2.45, 2.75) is 34.1 Å². The number of benzene rings is 1. The van der Waals surface area contributed by atoms with Gasteiger partial charge in [0.2, 0.25) is 5.91 Å². The maximum Gasteiger partial charge on any atom is 0.326 e. The number of hydrogen-bond donors (Lipinski definition) is 0. The Hall–Kier alpha value is -1.84. The lowest BCUT2D eigenvalue weighted by atomic mass is 10.1. The van der Waals surface area contributed by atoms with E-state index in [0.29, 0.717) is 13.0 Å². The fraction of sp³-hybridized carbons (Fsp3) is 0.467. The van der Waals surface area contributed by atoms with Crippen LogP contribution in [0.15, 0.2) is 18.2 Å². The molecule has 1 aromatic carbocycles. The molecular weight excluding hydrogens is 242 g/mol. The first kappa shape index (κ1) is 15.2. The van der Waals surface area contributed by atoms with Crippen molar-refractivity contribution in [1.82, 2.24) is 0 Å². The van der Waals surface area contributed by atoms with Gasteiger partial charge in [-0.05, 0) is 38.0 Å². The number of hydrogen-bond acceptors (Lipinski definition) is 3. The van der Waals surface area contributed by atoms with Gasteiger partial charge in [-0.25, -0.2) is 0 Å². The molecule has 0 atom stereocenters. The Kier molecular flexibility index (Phi) is 5.55. The molecule has 0 aliphatic rings. The van der Waals surface area contributed by atoms with Gasteiger partial charge in [-0.3, -0.25) is 9.59 Å². The van der Waals surface area contributed by atoms with Gasteiger partial charge in [0, 0.05) is 12.1 Å². The maximum absolute atomic E-state index is 12.0. The van der Waals surface area contributed by atoms with Crippen molar-refractivity contribution in [1.29, 1.82) is 0 Å². The Morgan fingerprint density at radius 1 is 1.21 bits per heavy atom. The monoisotopic (exact) mass is 263 g/mol. The highest BCUT2D eigenvalue weighted by molar-refractivity contribution is 5.98. The van der Waals surface area contributed by atoms with Crippen LogP contribution in [0, 0.1) is 13.8 Å². The normalized spacial score (nSPS) is 10.1. The fourth-order valence-corrected chi connectivity index (χ4v) is 1.86. The van der Waals surface area contributed by atoms with Crippen LogP contribution in [0.25, 0.3) is 0 Å². The topological polar surface area (TPSA) is 46.6 Å². The minimum Gasteiger partial charge on any atom is -0.465 e. The SMILES string of the molecule is CCOC(=O)CN(C(=O)CC)c1cccc(C)c1C. The summed E-state index contributed by atoms with van der Waals surface area (Å²) in [4.78, 5) is 25.2. The lowest BCUT2D eigenvalue weighted by Crippen LogP contribution is -2.36. The third kappa shape index (κ3) is 3.81. The van der Waals surface area contributed by atoms with E-state index in [9.17, 15) is 9.59 Å². The Morgan fingerprint density at radius 2 is 1.89 bits per heavy atom. The lowest BCUT2D eigenvalue weighted by molar-refractivity contribution is -0.142. The molecule has 0 aliphatic heterocycles. The van der Waals surface area contributed by atoms with Crippen molar-refractivity contribution in [3.05, 3.63) is 29.3 Å². The second-order valence-corrected chi connectivity index (χ2v) is 4.36. The number of anilines is 1. The summed E-state index contributed by atoms with van der Waals surface area (Å²) < 4.78 is 4.93. The number of carbonyl (C=O) groups excluding carboxylic acids is 2. The number of aryl methyl sites for hydroxylation is 1. The van der Waals surface area contributed by atoms with Gasteiger partial charge in [0.15, 0.2) is 0 Å².